The number of carbonyl (C=O) groups is 1. The van der Waals surface area contributed by atoms with Crippen LogP contribution in [-0.4, -0.2) is 5.97 Å². The first-order valence-electron chi connectivity index (χ1n) is 6.85. The largest absolute Gasteiger partial charge is 0.457 e. The van der Waals surface area contributed by atoms with E-state index in [4.69, 9.17) is 4.74 Å². The average molecular weight is 342 g/mol. The standard InChI is InChI=1S/C15H16F6O2/c1-4-12(22)23-13(8(2)3)9-5-10(14(16,17)18)7-11(6-9)15(19,20)21/h5-8,13H,4H2,1-3H3. The summed E-state index contributed by atoms with van der Waals surface area (Å²) in [7, 11) is 0. The van der Waals surface area contributed by atoms with E-state index < -0.39 is 41.5 Å². The predicted molar refractivity (Wildman–Crippen MR) is 70.4 cm³/mol. The van der Waals surface area contributed by atoms with Gasteiger partial charge in [-0.3, -0.25) is 4.79 Å². The van der Waals surface area contributed by atoms with Crippen molar-refractivity contribution in [1.82, 2.24) is 0 Å². The van der Waals surface area contributed by atoms with Gasteiger partial charge in [0.05, 0.1) is 11.1 Å². The number of ether oxygens (including phenoxy) is 1. The third-order valence-electron chi connectivity index (χ3n) is 3.09. The third kappa shape index (κ3) is 5.14. The molecule has 0 saturated carbocycles. The molecule has 23 heavy (non-hydrogen) atoms. The minimum Gasteiger partial charge on any atom is -0.457 e. The average Bonchev–Trinajstić information content (AvgIpc) is 2.41. The third-order valence-corrected chi connectivity index (χ3v) is 3.09. The minimum atomic E-state index is -4.94. The number of alkyl halides is 6. The summed E-state index contributed by atoms with van der Waals surface area (Å²) in [6.07, 6.45) is -11.1. The molecule has 0 radical (unpaired) electrons. The highest BCUT2D eigenvalue weighted by atomic mass is 19.4. The summed E-state index contributed by atoms with van der Waals surface area (Å²) in [6, 6.07) is 1.22. The molecule has 130 valence electrons. The normalized spacial score (nSPS) is 14.0. The number of hydrogen-bond donors (Lipinski definition) is 0. The quantitative estimate of drug-likeness (QED) is 0.543. The van der Waals surface area contributed by atoms with Gasteiger partial charge in [0.2, 0.25) is 0 Å². The van der Waals surface area contributed by atoms with Crippen molar-refractivity contribution in [3.8, 4) is 0 Å². The van der Waals surface area contributed by atoms with Gasteiger partial charge in [0.25, 0.3) is 0 Å². The van der Waals surface area contributed by atoms with E-state index >= 15 is 0 Å². The number of hydrogen-bond acceptors (Lipinski definition) is 2. The molecular weight excluding hydrogens is 326 g/mol. The van der Waals surface area contributed by atoms with Crippen molar-refractivity contribution < 1.29 is 35.9 Å². The second kappa shape index (κ2) is 6.80. The molecule has 1 atom stereocenters. The van der Waals surface area contributed by atoms with Crippen LogP contribution in [0.3, 0.4) is 0 Å². The number of esters is 1. The highest BCUT2D eigenvalue weighted by Gasteiger charge is 2.38. The van der Waals surface area contributed by atoms with Gasteiger partial charge >= 0.3 is 18.3 Å². The molecule has 1 unspecified atom stereocenters. The molecule has 2 nitrogen and oxygen atoms in total. The van der Waals surface area contributed by atoms with E-state index in [1.54, 1.807) is 13.8 Å². The number of benzene rings is 1. The maximum absolute atomic E-state index is 12.9. The summed E-state index contributed by atoms with van der Waals surface area (Å²) in [5, 5.41) is 0. The van der Waals surface area contributed by atoms with Crippen molar-refractivity contribution in [1.29, 1.82) is 0 Å². The molecule has 0 aliphatic rings. The lowest BCUT2D eigenvalue weighted by atomic mass is 9.94. The first-order valence-corrected chi connectivity index (χ1v) is 6.85. The van der Waals surface area contributed by atoms with Crippen LogP contribution in [-0.2, 0) is 21.9 Å². The van der Waals surface area contributed by atoms with Crippen molar-refractivity contribution in [2.75, 3.05) is 0 Å². The molecule has 0 amide bonds. The van der Waals surface area contributed by atoms with Gasteiger partial charge in [0.1, 0.15) is 6.10 Å². The fourth-order valence-electron chi connectivity index (χ4n) is 1.96. The van der Waals surface area contributed by atoms with Gasteiger partial charge in [0, 0.05) is 6.42 Å². The second-order valence-electron chi connectivity index (χ2n) is 5.35. The SMILES string of the molecule is CCC(=O)OC(c1cc(C(F)(F)F)cc(C(F)(F)F)c1)C(C)C. The molecule has 0 fully saturated rings. The van der Waals surface area contributed by atoms with Gasteiger partial charge in [-0.25, -0.2) is 0 Å². The van der Waals surface area contributed by atoms with Gasteiger partial charge in [-0.05, 0) is 29.7 Å². The Labute approximate surface area is 129 Å². The molecular formula is C15H16F6O2. The maximum Gasteiger partial charge on any atom is 0.416 e. The van der Waals surface area contributed by atoms with Crippen LogP contribution in [0.5, 0.6) is 0 Å². The molecule has 1 rings (SSSR count). The zero-order valence-electron chi connectivity index (χ0n) is 12.7. The van der Waals surface area contributed by atoms with Crippen LogP contribution in [0, 0.1) is 5.92 Å². The van der Waals surface area contributed by atoms with Gasteiger partial charge < -0.3 is 4.74 Å². The Morgan fingerprint density at radius 1 is 1.00 bits per heavy atom. The van der Waals surface area contributed by atoms with E-state index in [1.165, 1.54) is 6.92 Å². The molecule has 8 heteroatoms. The maximum atomic E-state index is 12.9. The molecule has 0 aromatic heterocycles. The Kier molecular flexibility index (Phi) is 5.71. The highest BCUT2D eigenvalue weighted by Crippen LogP contribution is 2.39. The van der Waals surface area contributed by atoms with Crippen LogP contribution in [0.1, 0.15) is 50.0 Å². The van der Waals surface area contributed by atoms with E-state index in [1.807, 2.05) is 0 Å². The lowest BCUT2D eigenvalue weighted by Gasteiger charge is -2.24. The molecule has 0 N–H and O–H groups in total. The van der Waals surface area contributed by atoms with Crippen LogP contribution < -0.4 is 0 Å². The van der Waals surface area contributed by atoms with Gasteiger partial charge in [0.15, 0.2) is 0 Å². The molecule has 0 aliphatic heterocycles. The summed E-state index contributed by atoms with van der Waals surface area (Å²) in [5.41, 5.74) is -3.19. The Hall–Kier alpha value is -1.73. The summed E-state index contributed by atoms with van der Waals surface area (Å²) in [5.74, 6) is -1.19. The monoisotopic (exact) mass is 342 g/mol. The summed E-state index contributed by atoms with van der Waals surface area (Å²) in [4.78, 5) is 11.4. The molecule has 0 bridgehead atoms. The molecule has 1 aromatic carbocycles. The molecule has 1 aromatic rings. The Morgan fingerprint density at radius 3 is 1.74 bits per heavy atom. The van der Waals surface area contributed by atoms with E-state index in [0.29, 0.717) is 12.1 Å². The smallest absolute Gasteiger partial charge is 0.416 e. The summed E-state index contributed by atoms with van der Waals surface area (Å²) < 4.78 is 82.1. The fraction of sp³-hybridized carbons (Fsp3) is 0.533. The predicted octanol–water partition coefficient (Wildman–Crippen LogP) is 5.37. The lowest BCUT2D eigenvalue weighted by Crippen LogP contribution is -2.18. The minimum absolute atomic E-state index is 0.0334. The van der Waals surface area contributed by atoms with Crippen LogP contribution in [0.4, 0.5) is 26.3 Å². The van der Waals surface area contributed by atoms with Crippen LogP contribution in [0.15, 0.2) is 18.2 Å². The molecule has 0 heterocycles. The zero-order valence-corrected chi connectivity index (χ0v) is 12.7. The topological polar surface area (TPSA) is 26.3 Å². The molecule has 0 saturated heterocycles. The van der Waals surface area contributed by atoms with Crippen molar-refractivity contribution in [2.45, 2.75) is 45.6 Å². The first kappa shape index (κ1) is 19.3. The molecule has 0 spiro atoms. The van der Waals surface area contributed by atoms with E-state index in [-0.39, 0.29) is 18.1 Å². The highest BCUT2D eigenvalue weighted by molar-refractivity contribution is 5.69. The zero-order chi connectivity index (χ0) is 18.0. The second-order valence-corrected chi connectivity index (χ2v) is 5.35. The van der Waals surface area contributed by atoms with E-state index in [9.17, 15) is 31.1 Å². The lowest BCUT2D eigenvalue weighted by molar-refractivity contribution is -0.151. The Balaban J connectivity index is 3.45. The van der Waals surface area contributed by atoms with E-state index in [0.717, 1.165) is 0 Å². The van der Waals surface area contributed by atoms with Crippen molar-refractivity contribution >= 4 is 5.97 Å². The van der Waals surface area contributed by atoms with Gasteiger partial charge in [-0.1, -0.05) is 20.8 Å². The van der Waals surface area contributed by atoms with Crippen molar-refractivity contribution in [3.63, 3.8) is 0 Å². The van der Waals surface area contributed by atoms with Crippen LogP contribution in [0.25, 0.3) is 0 Å². The summed E-state index contributed by atoms with van der Waals surface area (Å²) >= 11 is 0. The number of rotatable bonds is 4. The van der Waals surface area contributed by atoms with Crippen molar-refractivity contribution in [2.24, 2.45) is 5.92 Å². The van der Waals surface area contributed by atoms with Crippen LogP contribution in [0.2, 0.25) is 0 Å². The first-order chi connectivity index (χ1) is 10.4. The summed E-state index contributed by atoms with van der Waals surface area (Å²) in [6.45, 7) is 4.56. The van der Waals surface area contributed by atoms with Gasteiger partial charge in [-0.15, -0.1) is 0 Å². The van der Waals surface area contributed by atoms with Crippen molar-refractivity contribution in [3.05, 3.63) is 34.9 Å². The Morgan fingerprint density at radius 2 is 1.43 bits per heavy atom. The van der Waals surface area contributed by atoms with E-state index in [2.05, 4.69) is 0 Å². The molecule has 0 aliphatic carbocycles. The number of halogens is 6. The van der Waals surface area contributed by atoms with Crippen LogP contribution >= 0.6 is 0 Å². The fourth-order valence-corrected chi connectivity index (χ4v) is 1.96. The van der Waals surface area contributed by atoms with Gasteiger partial charge in [-0.2, -0.15) is 26.3 Å². The number of carbonyl (C=O) groups excluding carboxylic acids is 1. The Bertz CT molecular complexity index is 528.